The van der Waals surface area contributed by atoms with Gasteiger partial charge in [0, 0.05) is 42.8 Å². The second-order valence-corrected chi connectivity index (χ2v) is 8.92. The molecule has 4 rings (SSSR count). The zero-order valence-corrected chi connectivity index (χ0v) is 19.7. The van der Waals surface area contributed by atoms with Gasteiger partial charge in [-0.2, -0.15) is 0 Å². The van der Waals surface area contributed by atoms with Gasteiger partial charge in [-0.05, 0) is 54.8 Å². The molecule has 0 spiro atoms. The Kier molecular flexibility index (Phi) is 7.09. The molecule has 1 aliphatic rings. The first-order chi connectivity index (χ1) is 15.4. The minimum absolute atomic E-state index is 0.0903. The van der Waals surface area contributed by atoms with Crippen molar-refractivity contribution in [3.8, 4) is 5.75 Å². The fourth-order valence-corrected chi connectivity index (χ4v) is 4.36. The van der Waals surface area contributed by atoms with Crippen LogP contribution >= 0.6 is 23.2 Å². The molecule has 0 N–H and O–H groups in total. The summed E-state index contributed by atoms with van der Waals surface area (Å²) in [5.74, 6) is 1.74. The highest BCUT2D eigenvalue weighted by atomic mass is 35.5. The molecule has 32 heavy (non-hydrogen) atoms. The first kappa shape index (κ1) is 22.7. The molecule has 7 heteroatoms. The molecule has 3 aromatic rings. The second kappa shape index (κ2) is 9.99. The average molecular weight is 473 g/mol. The summed E-state index contributed by atoms with van der Waals surface area (Å²) in [4.78, 5) is 17.0. The van der Waals surface area contributed by atoms with Gasteiger partial charge in [-0.15, -0.1) is 0 Å². The largest absolute Gasteiger partial charge is 0.485 e. The summed E-state index contributed by atoms with van der Waals surface area (Å²) in [6.07, 6.45) is 0. The Morgan fingerprint density at radius 3 is 2.41 bits per heavy atom. The number of nitrogens with zero attached hydrogens (tertiary/aromatic N) is 2. The number of ether oxygens (including phenoxy) is 1. The number of rotatable bonds is 6. The van der Waals surface area contributed by atoms with Gasteiger partial charge in [0.25, 0.3) is 5.91 Å². The number of hydrogen-bond donors (Lipinski definition) is 0. The van der Waals surface area contributed by atoms with Crippen LogP contribution in [0.25, 0.3) is 0 Å². The maximum atomic E-state index is 12.9. The quantitative estimate of drug-likeness (QED) is 0.458. The third kappa shape index (κ3) is 5.29. The van der Waals surface area contributed by atoms with Crippen molar-refractivity contribution in [1.29, 1.82) is 0 Å². The van der Waals surface area contributed by atoms with Gasteiger partial charge in [-0.25, -0.2) is 0 Å². The topological polar surface area (TPSA) is 45.9 Å². The lowest BCUT2D eigenvalue weighted by atomic mass is 10.1. The highest BCUT2D eigenvalue weighted by Crippen LogP contribution is 2.25. The van der Waals surface area contributed by atoms with Crippen LogP contribution in [0.4, 0.5) is 0 Å². The highest BCUT2D eigenvalue weighted by molar-refractivity contribution is 6.35. The van der Waals surface area contributed by atoms with Crippen LogP contribution in [0.3, 0.4) is 0 Å². The molecule has 0 atom stereocenters. The third-order valence-corrected chi connectivity index (χ3v) is 6.30. The third-order valence-electron chi connectivity index (χ3n) is 5.71. The Hall–Kier alpha value is -2.47. The summed E-state index contributed by atoms with van der Waals surface area (Å²) in [5.41, 5.74) is 3.19. The van der Waals surface area contributed by atoms with E-state index in [0.29, 0.717) is 34.7 Å². The van der Waals surface area contributed by atoms with E-state index in [4.69, 9.17) is 32.4 Å². The fraction of sp³-hybridized carbons (Fsp3) is 0.320. The van der Waals surface area contributed by atoms with Crippen molar-refractivity contribution in [1.82, 2.24) is 9.80 Å². The molecule has 0 bridgehead atoms. The van der Waals surface area contributed by atoms with E-state index >= 15 is 0 Å². The maximum Gasteiger partial charge on any atom is 0.289 e. The minimum Gasteiger partial charge on any atom is -0.485 e. The van der Waals surface area contributed by atoms with Gasteiger partial charge in [0.1, 0.15) is 18.1 Å². The Balaban J connectivity index is 1.30. The lowest BCUT2D eigenvalue weighted by Crippen LogP contribution is -2.48. The van der Waals surface area contributed by atoms with E-state index in [9.17, 15) is 4.79 Å². The Morgan fingerprint density at radius 1 is 1.00 bits per heavy atom. The van der Waals surface area contributed by atoms with Crippen molar-refractivity contribution in [3.05, 3.63) is 86.8 Å². The van der Waals surface area contributed by atoms with E-state index in [1.807, 2.05) is 49.1 Å². The van der Waals surface area contributed by atoms with Crippen LogP contribution in [0.15, 0.2) is 52.9 Å². The predicted octanol–water partition coefficient (Wildman–Crippen LogP) is 5.74. The van der Waals surface area contributed by atoms with E-state index in [1.165, 1.54) is 0 Å². The van der Waals surface area contributed by atoms with Gasteiger partial charge in [0.2, 0.25) is 0 Å². The number of carbonyl (C=O) groups excluding carboxylic acids is 1. The van der Waals surface area contributed by atoms with E-state index < -0.39 is 0 Å². The summed E-state index contributed by atoms with van der Waals surface area (Å²) in [6, 6.07) is 15.1. The monoisotopic (exact) mass is 472 g/mol. The number of carbonyl (C=O) groups is 1. The number of piperazine rings is 1. The molecule has 1 saturated heterocycles. The predicted molar refractivity (Wildman–Crippen MR) is 127 cm³/mol. The van der Waals surface area contributed by atoms with Crippen LogP contribution in [0.5, 0.6) is 5.75 Å². The number of furan rings is 1. The zero-order chi connectivity index (χ0) is 22.7. The molecule has 0 saturated carbocycles. The number of benzene rings is 2. The normalized spacial score (nSPS) is 14.6. The average Bonchev–Trinajstić information content (AvgIpc) is 3.24. The summed E-state index contributed by atoms with van der Waals surface area (Å²) in [7, 11) is 0. The van der Waals surface area contributed by atoms with Gasteiger partial charge in [-0.1, -0.05) is 47.5 Å². The fourth-order valence-electron chi connectivity index (χ4n) is 3.90. The lowest BCUT2D eigenvalue weighted by Gasteiger charge is -2.34. The molecule has 0 unspecified atom stereocenters. The van der Waals surface area contributed by atoms with Gasteiger partial charge < -0.3 is 14.1 Å². The molecule has 168 valence electrons. The molecule has 5 nitrogen and oxygen atoms in total. The van der Waals surface area contributed by atoms with Crippen molar-refractivity contribution >= 4 is 29.1 Å². The summed E-state index contributed by atoms with van der Waals surface area (Å²) in [6.45, 7) is 7.87. The van der Waals surface area contributed by atoms with Gasteiger partial charge in [-0.3, -0.25) is 9.69 Å². The van der Waals surface area contributed by atoms with Crippen LogP contribution in [0.2, 0.25) is 10.0 Å². The molecule has 2 aromatic carbocycles. The van der Waals surface area contributed by atoms with E-state index in [0.717, 1.165) is 42.1 Å². The Morgan fingerprint density at radius 2 is 1.72 bits per heavy atom. The molecule has 2 heterocycles. The van der Waals surface area contributed by atoms with Gasteiger partial charge in [0.15, 0.2) is 5.76 Å². The Bertz CT molecular complexity index is 1080. The zero-order valence-electron chi connectivity index (χ0n) is 18.2. The van der Waals surface area contributed by atoms with Crippen LogP contribution in [0, 0.1) is 13.8 Å². The first-order valence-corrected chi connectivity index (χ1v) is 11.4. The highest BCUT2D eigenvalue weighted by Gasteiger charge is 2.24. The van der Waals surface area contributed by atoms with Crippen molar-refractivity contribution in [2.24, 2.45) is 0 Å². The van der Waals surface area contributed by atoms with Crippen LogP contribution in [0.1, 0.15) is 33.0 Å². The van der Waals surface area contributed by atoms with Crippen molar-refractivity contribution in [3.63, 3.8) is 0 Å². The summed E-state index contributed by atoms with van der Waals surface area (Å²) >= 11 is 12.3. The van der Waals surface area contributed by atoms with E-state index in [2.05, 4.69) is 4.90 Å². The molecule has 1 aliphatic heterocycles. The summed E-state index contributed by atoms with van der Waals surface area (Å²) in [5, 5.41) is 1.30. The molecule has 1 aromatic heterocycles. The number of hydrogen-bond acceptors (Lipinski definition) is 4. The number of para-hydroxylation sites is 1. The van der Waals surface area contributed by atoms with Crippen LogP contribution in [-0.2, 0) is 13.2 Å². The maximum absolute atomic E-state index is 12.9. The molecule has 1 fully saturated rings. The number of amides is 1. The first-order valence-electron chi connectivity index (χ1n) is 10.6. The smallest absolute Gasteiger partial charge is 0.289 e. The molecular weight excluding hydrogens is 447 g/mol. The van der Waals surface area contributed by atoms with Crippen molar-refractivity contribution in [2.75, 3.05) is 26.2 Å². The van der Waals surface area contributed by atoms with Gasteiger partial charge >= 0.3 is 0 Å². The van der Waals surface area contributed by atoms with Crippen LogP contribution in [-0.4, -0.2) is 41.9 Å². The molecule has 0 radical (unpaired) electrons. The standard InChI is InChI=1S/C25H26Cl2N2O3/c1-17-4-3-5-18(2)24(17)31-16-21-8-9-23(32-21)25(30)29-12-10-28(11-13-29)15-19-6-7-20(26)14-22(19)27/h3-9,14H,10-13,15-16H2,1-2H3. The Labute approximate surface area is 198 Å². The van der Waals surface area contributed by atoms with Crippen LogP contribution < -0.4 is 4.74 Å². The van der Waals surface area contributed by atoms with Gasteiger partial charge in [0.05, 0.1) is 0 Å². The number of halogens is 2. The molecule has 1 amide bonds. The summed E-state index contributed by atoms with van der Waals surface area (Å²) < 4.78 is 11.7. The van der Waals surface area contributed by atoms with E-state index in [1.54, 1.807) is 18.2 Å². The lowest BCUT2D eigenvalue weighted by molar-refractivity contribution is 0.0594. The molecule has 0 aliphatic carbocycles. The van der Waals surface area contributed by atoms with E-state index in [-0.39, 0.29) is 12.5 Å². The number of aryl methyl sites for hydroxylation is 2. The van der Waals surface area contributed by atoms with Crippen molar-refractivity contribution < 1.29 is 13.9 Å². The second-order valence-electron chi connectivity index (χ2n) is 8.08. The minimum atomic E-state index is -0.0903. The SMILES string of the molecule is Cc1cccc(C)c1OCc1ccc(C(=O)N2CCN(Cc3ccc(Cl)cc3Cl)CC2)o1. The van der Waals surface area contributed by atoms with Crippen molar-refractivity contribution in [2.45, 2.75) is 27.0 Å². The molecular formula is C25H26Cl2N2O3.